The Hall–Kier alpha value is -0.630. The van der Waals surface area contributed by atoms with Gasteiger partial charge in [0.2, 0.25) is 0 Å². The summed E-state index contributed by atoms with van der Waals surface area (Å²) in [7, 11) is -3.49. The topological polar surface area (TPSA) is 90.0 Å². The van der Waals surface area contributed by atoms with Crippen LogP contribution in [0.1, 0.15) is 32.6 Å². The number of nitrogens with zero attached hydrogens (tertiary/aromatic N) is 2. The molecule has 8 heteroatoms. The van der Waals surface area contributed by atoms with Crippen LogP contribution in [0.3, 0.4) is 0 Å². The SMILES string of the molecule is CCn1cnc(S(=O)(=O)NC2CCC(N)CC2)c1.Cl. The standard InChI is InChI=1S/C11H20N4O2S.ClH/c1-2-15-7-11(13-8-15)18(16,17)14-10-5-3-9(12)4-6-10;/h7-10,14H,2-6,12H2,1H3;1H. The van der Waals surface area contributed by atoms with E-state index in [1.165, 1.54) is 6.33 Å². The Bertz CT molecular complexity index is 495. The molecule has 0 atom stereocenters. The highest BCUT2D eigenvalue weighted by Crippen LogP contribution is 2.19. The maximum absolute atomic E-state index is 12.1. The first-order chi connectivity index (χ1) is 8.51. The zero-order chi connectivity index (χ0) is 13.2. The lowest BCUT2D eigenvalue weighted by Crippen LogP contribution is -2.40. The lowest BCUT2D eigenvalue weighted by Gasteiger charge is -2.26. The van der Waals surface area contributed by atoms with E-state index in [2.05, 4.69) is 9.71 Å². The highest BCUT2D eigenvalue weighted by Gasteiger charge is 2.25. The quantitative estimate of drug-likeness (QED) is 0.863. The molecule has 0 saturated heterocycles. The molecule has 1 aliphatic carbocycles. The third-order valence-corrected chi connectivity index (χ3v) is 4.75. The zero-order valence-corrected chi connectivity index (χ0v) is 12.6. The fraction of sp³-hybridized carbons (Fsp3) is 0.727. The van der Waals surface area contributed by atoms with E-state index >= 15 is 0 Å². The van der Waals surface area contributed by atoms with Crippen molar-refractivity contribution in [2.45, 2.75) is 56.3 Å². The Balaban J connectivity index is 0.00000180. The average Bonchev–Trinajstić information content (AvgIpc) is 2.81. The summed E-state index contributed by atoms with van der Waals surface area (Å²) in [4.78, 5) is 3.93. The van der Waals surface area contributed by atoms with Gasteiger partial charge < -0.3 is 10.3 Å². The van der Waals surface area contributed by atoms with Crippen LogP contribution in [0, 0.1) is 0 Å². The number of imidazole rings is 1. The third kappa shape index (κ3) is 4.17. The molecule has 0 bridgehead atoms. The van der Waals surface area contributed by atoms with Crippen LogP contribution in [0.25, 0.3) is 0 Å². The van der Waals surface area contributed by atoms with Crippen LogP contribution in [0.15, 0.2) is 17.6 Å². The molecule has 0 unspecified atom stereocenters. The first-order valence-corrected chi connectivity index (χ1v) is 7.79. The summed E-state index contributed by atoms with van der Waals surface area (Å²) >= 11 is 0. The van der Waals surface area contributed by atoms with Crippen molar-refractivity contribution in [3.05, 3.63) is 12.5 Å². The van der Waals surface area contributed by atoms with Crippen LogP contribution in [0.4, 0.5) is 0 Å². The summed E-state index contributed by atoms with van der Waals surface area (Å²) in [6.45, 7) is 2.65. The molecule has 1 aromatic rings. The smallest absolute Gasteiger partial charge is 0.259 e. The van der Waals surface area contributed by atoms with Crippen molar-refractivity contribution >= 4 is 22.4 Å². The van der Waals surface area contributed by atoms with E-state index in [1.54, 1.807) is 10.8 Å². The van der Waals surface area contributed by atoms with Crippen molar-refractivity contribution < 1.29 is 8.42 Å². The first kappa shape index (κ1) is 16.4. The van der Waals surface area contributed by atoms with Gasteiger partial charge in [0, 0.05) is 24.8 Å². The molecular weight excluding hydrogens is 288 g/mol. The molecule has 1 saturated carbocycles. The number of hydrogen-bond donors (Lipinski definition) is 2. The van der Waals surface area contributed by atoms with Gasteiger partial charge in [-0.2, -0.15) is 0 Å². The van der Waals surface area contributed by atoms with Gasteiger partial charge in [-0.05, 0) is 32.6 Å². The van der Waals surface area contributed by atoms with Crippen LogP contribution >= 0.6 is 12.4 Å². The summed E-state index contributed by atoms with van der Waals surface area (Å²) in [5.41, 5.74) is 5.80. The largest absolute Gasteiger partial charge is 0.336 e. The summed E-state index contributed by atoms with van der Waals surface area (Å²) in [5, 5.41) is 0.0965. The van der Waals surface area contributed by atoms with Crippen LogP contribution < -0.4 is 10.5 Å². The highest BCUT2D eigenvalue weighted by atomic mass is 35.5. The zero-order valence-electron chi connectivity index (χ0n) is 10.9. The predicted molar refractivity (Wildman–Crippen MR) is 75.7 cm³/mol. The molecule has 1 aromatic heterocycles. The van der Waals surface area contributed by atoms with Gasteiger partial charge in [-0.3, -0.25) is 0 Å². The molecule has 1 fully saturated rings. The minimum Gasteiger partial charge on any atom is -0.336 e. The lowest BCUT2D eigenvalue weighted by molar-refractivity contribution is 0.373. The van der Waals surface area contributed by atoms with Crippen molar-refractivity contribution in [3.63, 3.8) is 0 Å². The number of aryl methyl sites for hydroxylation is 1. The normalized spacial score (nSPS) is 23.9. The van der Waals surface area contributed by atoms with Gasteiger partial charge in [0.1, 0.15) is 0 Å². The van der Waals surface area contributed by atoms with E-state index in [0.29, 0.717) is 6.54 Å². The van der Waals surface area contributed by atoms with E-state index in [4.69, 9.17) is 5.73 Å². The molecule has 1 aliphatic rings. The second kappa shape index (κ2) is 6.69. The van der Waals surface area contributed by atoms with Gasteiger partial charge in [0.25, 0.3) is 10.0 Å². The molecule has 1 heterocycles. The van der Waals surface area contributed by atoms with E-state index in [-0.39, 0.29) is 29.5 Å². The van der Waals surface area contributed by atoms with Gasteiger partial charge in [-0.1, -0.05) is 0 Å². The molecule has 0 spiro atoms. The van der Waals surface area contributed by atoms with Crippen LogP contribution in [0.2, 0.25) is 0 Å². The second-order valence-corrected chi connectivity index (χ2v) is 6.44. The summed E-state index contributed by atoms with van der Waals surface area (Å²) in [6, 6.07) is 0.201. The molecule has 0 aliphatic heterocycles. The van der Waals surface area contributed by atoms with E-state index < -0.39 is 10.0 Å². The fourth-order valence-electron chi connectivity index (χ4n) is 2.17. The number of hydrogen-bond acceptors (Lipinski definition) is 4. The molecule has 0 amide bonds. The maximum Gasteiger partial charge on any atom is 0.259 e. The second-order valence-electron chi connectivity index (χ2n) is 4.78. The van der Waals surface area contributed by atoms with E-state index in [0.717, 1.165) is 25.7 Å². The lowest BCUT2D eigenvalue weighted by atomic mass is 9.93. The monoisotopic (exact) mass is 308 g/mol. The molecular formula is C11H21ClN4O2S. The van der Waals surface area contributed by atoms with E-state index in [9.17, 15) is 8.42 Å². The predicted octanol–water partition coefficient (Wildman–Crippen LogP) is 0.873. The molecule has 19 heavy (non-hydrogen) atoms. The Morgan fingerprint density at radius 1 is 1.42 bits per heavy atom. The van der Waals surface area contributed by atoms with Crippen molar-refractivity contribution in [1.29, 1.82) is 0 Å². The minimum atomic E-state index is -3.49. The Morgan fingerprint density at radius 3 is 2.58 bits per heavy atom. The van der Waals surface area contributed by atoms with E-state index in [1.807, 2.05) is 6.92 Å². The molecule has 6 nitrogen and oxygen atoms in total. The number of halogens is 1. The molecule has 2 rings (SSSR count). The fourth-order valence-corrected chi connectivity index (χ4v) is 3.42. The average molecular weight is 309 g/mol. The molecule has 110 valence electrons. The van der Waals surface area contributed by atoms with Gasteiger partial charge in [0.15, 0.2) is 5.03 Å². The minimum absolute atomic E-state index is 0. The van der Waals surface area contributed by atoms with Gasteiger partial charge in [0.05, 0.1) is 6.33 Å². The van der Waals surface area contributed by atoms with Crippen molar-refractivity contribution in [2.75, 3.05) is 0 Å². The van der Waals surface area contributed by atoms with Gasteiger partial charge in [-0.15, -0.1) is 12.4 Å². The summed E-state index contributed by atoms with van der Waals surface area (Å²) < 4.78 is 28.6. The van der Waals surface area contributed by atoms with Crippen molar-refractivity contribution in [3.8, 4) is 0 Å². The number of sulfonamides is 1. The molecule has 0 radical (unpaired) electrons. The van der Waals surface area contributed by atoms with Gasteiger partial charge >= 0.3 is 0 Å². The number of nitrogens with one attached hydrogen (secondary N) is 1. The summed E-state index contributed by atoms with van der Waals surface area (Å²) in [5.74, 6) is 0. The van der Waals surface area contributed by atoms with Crippen LogP contribution in [-0.2, 0) is 16.6 Å². The number of nitrogens with two attached hydrogens (primary N) is 1. The molecule has 3 N–H and O–H groups in total. The Kier molecular flexibility index (Phi) is 5.79. The van der Waals surface area contributed by atoms with Crippen LogP contribution in [-0.4, -0.2) is 30.1 Å². The Morgan fingerprint density at radius 2 is 2.05 bits per heavy atom. The van der Waals surface area contributed by atoms with Gasteiger partial charge in [-0.25, -0.2) is 18.1 Å². The Labute approximate surface area is 120 Å². The number of aromatic nitrogens is 2. The summed E-state index contributed by atoms with van der Waals surface area (Å²) in [6.07, 6.45) is 6.43. The maximum atomic E-state index is 12.1. The first-order valence-electron chi connectivity index (χ1n) is 6.31. The molecule has 0 aromatic carbocycles. The third-order valence-electron chi connectivity index (χ3n) is 3.34. The van der Waals surface area contributed by atoms with Crippen molar-refractivity contribution in [1.82, 2.24) is 14.3 Å². The highest BCUT2D eigenvalue weighted by molar-refractivity contribution is 7.89. The van der Waals surface area contributed by atoms with Crippen molar-refractivity contribution in [2.24, 2.45) is 5.73 Å². The number of rotatable bonds is 4. The van der Waals surface area contributed by atoms with Crippen LogP contribution in [0.5, 0.6) is 0 Å².